The van der Waals surface area contributed by atoms with Gasteiger partial charge in [0.2, 0.25) is 5.78 Å². The molecule has 0 amide bonds. The van der Waals surface area contributed by atoms with E-state index in [9.17, 15) is 9.59 Å². The standard InChI is InChI=1S/C21H15N3O3/c1-14-17(12-22-24(14)16-10-6-3-7-11-16)21(26)19-18(13-27-23-19)20(25)15-8-4-2-5-9-15/h2-13H,1H3. The highest BCUT2D eigenvalue weighted by atomic mass is 16.5. The van der Waals surface area contributed by atoms with Gasteiger partial charge in [-0.3, -0.25) is 9.59 Å². The predicted octanol–water partition coefficient (Wildman–Crippen LogP) is 3.63. The van der Waals surface area contributed by atoms with Gasteiger partial charge in [0.15, 0.2) is 11.5 Å². The molecule has 0 N–H and O–H groups in total. The summed E-state index contributed by atoms with van der Waals surface area (Å²) in [5.74, 6) is -0.712. The van der Waals surface area contributed by atoms with Crippen LogP contribution in [0.25, 0.3) is 5.69 Å². The molecule has 0 saturated heterocycles. The Bertz CT molecular complexity index is 1110. The van der Waals surface area contributed by atoms with Crippen molar-refractivity contribution in [1.82, 2.24) is 14.9 Å². The lowest BCUT2D eigenvalue weighted by atomic mass is 10.00. The Morgan fingerprint density at radius 2 is 1.56 bits per heavy atom. The van der Waals surface area contributed by atoms with Crippen LogP contribution in [-0.4, -0.2) is 26.5 Å². The number of carbonyl (C=O) groups is 2. The minimum absolute atomic E-state index is 0.0143. The molecule has 4 rings (SSSR count). The third-order valence-corrected chi connectivity index (χ3v) is 4.32. The van der Waals surface area contributed by atoms with Gasteiger partial charge in [-0.1, -0.05) is 53.7 Å². The van der Waals surface area contributed by atoms with E-state index in [0.717, 1.165) is 5.69 Å². The van der Waals surface area contributed by atoms with Gasteiger partial charge in [0, 0.05) is 5.56 Å². The fourth-order valence-corrected chi connectivity index (χ4v) is 2.90. The molecule has 0 spiro atoms. The molecule has 27 heavy (non-hydrogen) atoms. The van der Waals surface area contributed by atoms with Gasteiger partial charge in [0.25, 0.3) is 0 Å². The van der Waals surface area contributed by atoms with Crippen LogP contribution in [0.2, 0.25) is 0 Å². The summed E-state index contributed by atoms with van der Waals surface area (Å²) in [4.78, 5) is 25.7. The molecule has 0 aliphatic heterocycles. The number of aromatic nitrogens is 3. The molecular weight excluding hydrogens is 342 g/mol. The van der Waals surface area contributed by atoms with Gasteiger partial charge in [0.05, 0.1) is 28.7 Å². The zero-order valence-electron chi connectivity index (χ0n) is 14.5. The van der Waals surface area contributed by atoms with Crippen LogP contribution in [0.5, 0.6) is 0 Å². The first-order chi connectivity index (χ1) is 13.2. The first-order valence-corrected chi connectivity index (χ1v) is 8.35. The van der Waals surface area contributed by atoms with E-state index in [4.69, 9.17) is 4.52 Å². The van der Waals surface area contributed by atoms with Gasteiger partial charge in [-0.25, -0.2) is 4.68 Å². The fraction of sp³-hybridized carbons (Fsp3) is 0.0476. The molecule has 0 saturated carbocycles. The number of hydrogen-bond acceptors (Lipinski definition) is 5. The van der Waals surface area contributed by atoms with Crippen molar-refractivity contribution in [3.8, 4) is 5.69 Å². The lowest BCUT2D eigenvalue weighted by molar-refractivity contribution is 0.1000. The minimum atomic E-state index is -0.400. The van der Waals surface area contributed by atoms with Crippen molar-refractivity contribution in [2.75, 3.05) is 0 Å². The molecule has 2 aromatic heterocycles. The summed E-state index contributed by atoms with van der Waals surface area (Å²) in [7, 11) is 0. The van der Waals surface area contributed by atoms with Crippen molar-refractivity contribution in [1.29, 1.82) is 0 Å². The number of rotatable bonds is 5. The summed E-state index contributed by atoms with van der Waals surface area (Å²) >= 11 is 0. The molecule has 0 aliphatic rings. The van der Waals surface area contributed by atoms with E-state index >= 15 is 0 Å². The number of benzene rings is 2. The monoisotopic (exact) mass is 357 g/mol. The van der Waals surface area contributed by atoms with E-state index in [1.807, 2.05) is 36.4 Å². The number of carbonyl (C=O) groups excluding carboxylic acids is 2. The van der Waals surface area contributed by atoms with Gasteiger partial charge >= 0.3 is 0 Å². The predicted molar refractivity (Wildman–Crippen MR) is 98.1 cm³/mol. The van der Waals surface area contributed by atoms with Crippen molar-refractivity contribution in [3.05, 3.63) is 101 Å². The quantitative estimate of drug-likeness (QED) is 0.510. The van der Waals surface area contributed by atoms with Gasteiger partial charge in [-0.05, 0) is 19.1 Å². The first kappa shape index (κ1) is 16.7. The molecule has 0 atom stereocenters. The van der Waals surface area contributed by atoms with Crippen molar-refractivity contribution < 1.29 is 14.1 Å². The van der Waals surface area contributed by atoms with Crippen LogP contribution in [0.4, 0.5) is 0 Å². The summed E-state index contributed by atoms with van der Waals surface area (Å²) in [6.07, 6.45) is 2.69. The largest absolute Gasteiger partial charge is 0.363 e. The molecule has 6 nitrogen and oxygen atoms in total. The van der Waals surface area contributed by atoms with E-state index in [0.29, 0.717) is 16.8 Å². The summed E-state index contributed by atoms with van der Waals surface area (Å²) in [6, 6.07) is 18.2. The molecule has 2 aromatic carbocycles. The summed E-state index contributed by atoms with van der Waals surface area (Å²) in [5, 5.41) is 8.08. The van der Waals surface area contributed by atoms with Crippen LogP contribution >= 0.6 is 0 Å². The maximum atomic E-state index is 13.0. The minimum Gasteiger partial charge on any atom is -0.363 e. The highest BCUT2D eigenvalue weighted by molar-refractivity contribution is 6.18. The Balaban J connectivity index is 1.71. The topological polar surface area (TPSA) is 78.0 Å². The van der Waals surface area contributed by atoms with Crippen molar-refractivity contribution in [2.24, 2.45) is 0 Å². The van der Waals surface area contributed by atoms with E-state index in [2.05, 4.69) is 10.3 Å². The molecule has 132 valence electrons. The van der Waals surface area contributed by atoms with Gasteiger partial charge < -0.3 is 4.52 Å². The average molecular weight is 357 g/mol. The molecule has 4 aromatic rings. The number of para-hydroxylation sites is 1. The van der Waals surface area contributed by atoms with Gasteiger partial charge in [-0.15, -0.1) is 0 Å². The van der Waals surface area contributed by atoms with Crippen LogP contribution in [0, 0.1) is 6.92 Å². The lowest BCUT2D eigenvalue weighted by Crippen LogP contribution is -2.11. The maximum Gasteiger partial charge on any atom is 0.219 e. The SMILES string of the molecule is Cc1c(C(=O)c2nocc2C(=O)c2ccccc2)cnn1-c1ccccc1. The zero-order valence-corrected chi connectivity index (χ0v) is 14.5. The van der Waals surface area contributed by atoms with Gasteiger partial charge in [0.1, 0.15) is 6.26 Å². The molecular formula is C21H15N3O3. The van der Waals surface area contributed by atoms with Gasteiger partial charge in [-0.2, -0.15) is 5.10 Å². The Morgan fingerprint density at radius 1 is 0.889 bits per heavy atom. The van der Waals surface area contributed by atoms with Crippen LogP contribution < -0.4 is 0 Å². The number of nitrogens with zero attached hydrogens (tertiary/aromatic N) is 3. The Hall–Kier alpha value is -3.80. The molecule has 0 aliphatic carbocycles. The molecule has 0 bridgehead atoms. The van der Waals surface area contributed by atoms with E-state index in [1.165, 1.54) is 12.5 Å². The zero-order chi connectivity index (χ0) is 18.8. The van der Waals surface area contributed by atoms with E-state index in [-0.39, 0.29) is 17.0 Å². The summed E-state index contributed by atoms with van der Waals surface area (Å²) in [5.41, 5.74) is 2.46. The molecule has 6 heteroatoms. The second kappa shape index (κ2) is 6.84. The van der Waals surface area contributed by atoms with Crippen LogP contribution in [0.15, 0.2) is 77.6 Å². The van der Waals surface area contributed by atoms with Crippen molar-refractivity contribution in [2.45, 2.75) is 6.92 Å². The number of hydrogen-bond donors (Lipinski definition) is 0. The Morgan fingerprint density at radius 3 is 2.26 bits per heavy atom. The third kappa shape index (κ3) is 2.97. The van der Waals surface area contributed by atoms with Crippen molar-refractivity contribution >= 4 is 11.6 Å². The molecule has 0 unspecified atom stereocenters. The Labute approximate surface area is 155 Å². The lowest BCUT2D eigenvalue weighted by Gasteiger charge is -2.05. The molecule has 0 radical (unpaired) electrons. The van der Waals surface area contributed by atoms with E-state index in [1.54, 1.807) is 35.9 Å². The third-order valence-electron chi connectivity index (χ3n) is 4.32. The van der Waals surface area contributed by atoms with E-state index < -0.39 is 5.78 Å². The Kier molecular flexibility index (Phi) is 4.22. The number of ketones is 2. The second-order valence-electron chi connectivity index (χ2n) is 5.99. The van der Waals surface area contributed by atoms with Crippen LogP contribution in [0.1, 0.15) is 37.7 Å². The van der Waals surface area contributed by atoms with Crippen LogP contribution in [-0.2, 0) is 0 Å². The first-order valence-electron chi connectivity index (χ1n) is 8.35. The molecule has 0 fully saturated rings. The second-order valence-corrected chi connectivity index (χ2v) is 5.99. The summed E-state index contributed by atoms with van der Waals surface area (Å²) in [6.45, 7) is 1.80. The maximum absolute atomic E-state index is 13.0. The smallest absolute Gasteiger partial charge is 0.219 e. The molecule has 2 heterocycles. The summed E-state index contributed by atoms with van der Waals surface area (Å²) < 4.78 is 6.62. The van der Waals surface area contributed by atoms with Crippen LogP contribution in [0.3, 0.4) is 0 Å². The van der Waals surface area contributed by atoms with Crippen molar-refractivity contribution in [3.63, 3.8) is 0 Å². The fourth-order valence-electron chi connectivity index (χ4n) is 2.90. The highest BCUT2D eigenvalue weighted by Crippen LogP contribution is 2.20. The average Bonchev–Trinajstić information content (AvgIpc) is 3.35. The highest BCUT2D eigenvalue weighted by Gasteiger charge is 2.26. The normalized spacial score (nSPS) is 10.7.